The quantitative estimate of drug-likeness (QED) is 0.690. The van der Waals surface area contributed by atoms with Crippen LogP contribution in [-0.4, -0.2) is 38.9 Å². The standard InChI is InChI=1S/C17H17N5OS/c1-21(14-8-4-2-5-9-14)17(23)13-24-12-16-18-19-20-22(16)15-10-6-3-7-11-15/h2-11H,12-13H2,1H3. The molecular formula is C17H17N5OS. The first kappa shape index (κ1) is 16.2. The summed E-state index contributed by atoms with van der Waals surface area (Å²) in [5, 5.41) is 11.8. The Hall–Kier alpha value is -2.67. The lowest BCUT2D eigenvalue weighted by atomic mass is 10.3. The number of carbonyl (C=O) groups is 1. The van der Waals surface area contributed by atoms with Gasteiger partial charge in [-0.3, -0.25) is 4.79 Å². The van der Waals surface area contributed by atoms with Crippen LogP contribution in [0.5, 0.6) is 0 Å². The van der Waals surface area contributed by atoms with Crippen molar-refractivity contribution in [3.63, 3.8) is 0 Å². The minimum absolute atomic E-state index is 0.0462. The van der Waals surface area contributed by atoms with E-state index in [9.17, 15) is 4.79 Å². The predicted molar refractivity (Wildman–Crippen MR) is 95.2 cm³/mol. The molecule has 0 unspecified atom stereocenters. The third-order valence-electron chi connectivity index (χ3n) is 3.51. The number of tetrazole rings is 1. The molecule has 1 heterocycles. The van der Waals surface area contributed by atoms with Crippen molar-refractivity contribution in [3.05, 3.63) is 66.5 Å². The summed E-state index contributed by atoms with van der Waals surface area (Å²) in [6.45, 7) is 0. The highest BCUT2D eigenvalue weighted by Gasteiger charge is 2.13. The second kappa shape index (κ2) is 7.74. The number of benzene rings is 2. The van der Waals surface area contributed by atoms with Crippen molar-refractivity contribution in [1.29, 1.82) is 0 Å². The number of nitrogens with zero attached hydrogens (tertiary/aromatic N) is 5. The molecule has 122 valence electrons. The molecule has 0 atom stereocenters. The van der Waals surface area contributed by atoms with Gasteiger partial charge in [0.1, 0.15) is 0 Å². The number of amides is 1. The molecule has 6 nitrogen and oxygen atoms in total. The fraction of sp³-hybridized carbons (Fsp3) is 0.176. The molecule has 0 aliphatic rings. The Morgan fingerprint density at radius 1 is 1.08 bits per heavy atom. The Labute approximate surface area is 144 Å². The van der Waals surface area contributed by atoms with Gasteiger partial charge in [-0.25, -0.2) is 0 Å². The largest absolute Gasteiger partial charge is 0.315 e. The van der Waals surface area contributed by atoms with Crippen LogP contribution in [0.2, 0.25) is 0 Å². The van der Waals surface area contributed by atoms with E-state index in [1.54, 1.807) is 16.6 Å². The van der Waals surface area contributed by atoms with Gasteiger partial charge in [0.05, 0.1) is 17.2 Å². The number of rotatable bonds is 6. The number of para-hydroxylation sites is 2. The first-order valence-electron chi connectivity index (χ1n) is 7.48. The molecule has 3 rings (SSSR count). The Balaban J connectivity index is 1.58. The van der Waals surface area contributed by atoms with Gasteiger partial charge in [-0.05, 0) is 34.7 Å². The summed E-state index contributed by atoms with van der Waals surface area (Å²) < 4.78 is 1.69. The molecule has 0 N–H and O–H groups in total. The molecule has 0 fully saturated rings. The van der Waals surface area contributed by atoms with E-state index in [0.717, 1.165) is 17.2 Å². The number of anilines is 1. The highest BCUT2D eigenvalue weighted by Crippen LogP contribution is 2.16. The van der Waals surface area contributed by atoms with Crippen molar-refractivity contribution in [1.82, 2.24) is 20.2 Å². The van der Waals surface area contributed by atoms with Gasteiger partial charge < -0.3 is 4.90 Å². The van der Waals surface area contributed by atoms with Crippen molar-refractivity contribution in [2.75, 3.05) is 17.7 Å². The first-order valence-corrected chi connectivity index (χ1v) is 8.63. The van der Waals surface area contributed by atoms with Gasteiger partial charge in [0, 0.05) is 12.7 Å². The maximum atomic E-state index is 12.3. The summed E-state index contributed by atoms with van der Waals surface area (Å²) in [4.78, 5) is 13.9. The molecule has 1 amide bonds. The molecule has 7 heteroatoms. The van der Waals surface area contributed by atoms with Crippen LogP contribution in [0, 0.1) is 0 Å². The van der Waals surface area contributed by atoms with Crippen molar-refractivity contribution in [2.45, 2.75) is 5.75 Å². The number of hydrogen-bond acceptors (Lipinski definition) is 5. The van der Waals surface area contributed by atoms with Crippen LogP contribution in [-0.2, 0) is 10.5 Å². The van der Waals surface area contributed by atoms with Crippen LogP contribution in [0.25, 0.3) is 5.69 Å². The monoisotopic (exact) mass is 339 g/mol. The van der Waals surface area contributed by atoms with E-state index in [-0.39, 0.29) is 5.91 Å². The van der Waals surface area contributed by atoms with Gasteiger partial charge in [0.2, 0.25) is 5.91 Å². The molecular weight excluding hydrogens is 322 g/mol. The molecule has 0 radical (unpaired) electrons. The lowest BCUT2D eigenvalue weighted by molar-refractivity contribution is -0.115. The van der Waals surface area contributed by atoms with Crippen molar-refractivity contribution in [2.24, 2.45) is 0 Å². The first-order chi connectivity index (χ1) is 11.8. The third kappa shape index (κ3) is 3.80. The second-order valence-electron chi connectivity index (χ2n) is 5.12. The van der Waals surface area contributed by atoms with Crippen LogP contribution < -0.4 is 4.90 Å². The van der Waals surface area contributed by atoms with Crippen molar-refractivity contribution >= 4 is 23.4 Å². The molecule has 0 saturated carbocycles. The summed E-state index contributed by atoms with van der Waals surface area (Å²) in [6, 6.07) is 19.3. The van der Waals surface area contributed by atoms with E-state index in [1.807, 2.05) is 60.7 Å². The smallest absolute Gasteiger partial charge is 0.236 e. The minimum Gasteiger partial charge on any atom is -0.315 e. The van der Waals surface area contributed by atoms with Crippen LogP contribution in [0.3, 0.4) is 0 Å². The van der Waals surface area contributed by atoms with Crippen LogP contribution >= 0.6 is 11.8 Å². The summed E-state index contributed by atoms with van der Waals surface area (Å²) >= 11 is 1.50. The summed E-state index contributed by atoms with van der Waals surface area (Å²) in [5.74, 6) is 1.70. The van der Waals surface area contributed by atoms with Gasteiger partial charge >= 0.3 is 0 Å². The van der Waals surface area contributed by atoms with Crippen LogP contribution in [0.1, 0.15) is 5.82 Å². The van der Waals surface area contributed by atoms with Gasteiger partial charge in [0.15, 0.2) is 5.82 Å². The Morgan fingerprint density at radius 2 is 1.75 bits per heavy atom. The lowest BCUT2D eigenvalue weighted by Crippen LogP contribution is -2.27. The Morgan fingerprint density at radius 3 is 2.46 bits per heavy atom. The normalized spacial score (nSPS) is 10.5. The number of aromatic nitrogens is 4. The molecule has 24 heavy (non-hydrogen) atoms. The number of thioether (sulfide) groups is 1. The summed E-state index contributed by atoms with van der Waals surface area (Å²) in [6.07, 6.45) is 0. The summed E-state index contributed by atoms with van der Waals surface area (Å²) in [5.41, 5.74) is 1.79. The average molecular weight is 339 g/mol. The highest BCUT2D eigenvalue weighted by atomic mass is 32.2. The van der Waals surface area contributed by atoms with E-state index in [1.165, 1.54) is 11.8 Å². The maximum absolute atomic E-state index is 12.3. The van der Waals surface area contributed by atoms with E-state index in [0.29, 0.717) is 11.5 Å². The van der Waals surface area contributed by atoms with Crippen molar-refractivity contribution in [3.8, 4) is 5.69 Å². The van der Waals surface area contributed by atoms with Gasteiger partial charge in [0.25, 0.3) is 0 Å². The average Bonchev–Trinajstić information content (AvgIpc) is 3.11. The SMILES string of the molecule is CN(C(=O)CSCc1nnnn1-c1ccccc1)c1ccccc1. The highest BCUT2D eigenvalue weighted by molar-refractivity contribution is 7.99. The molecule has 1 aromatic heterocycles. The second-order valence-corrected chi connectivity index (χ2v) is 6.11. The molecule has 0 spiro atoms. The molecule has 0 aliphatic carbocycles. The number of carbonyl (C=O) groups excluding carboxylic acids is 1. The molecule has 3 aromatic rings. The van der Waals surface area contributed by atoms with Crippen molar-refractivity contribution < 1.29 is 4.79 Å². The minimum atomic E-state index is 0.0462. The Kier molecular flexibility index (Phi) is 5.22. The fourth-order valence-corrected chi connectivity index (χ4v) is 3.02. The third-order valence-corrected chi connectivity index (χ3v) is 4.42. The lowest BCUT2D eigenvalue weighted by Gasteiger charge is -2.16. The Bertz CT molecular complexity index is 791. The van der Waals surface area contributed by atoms with Gasteiger partial charge in [-0.15, -0.1) is 16.9 Å². The number of hydrogen-bond donors (Lipinski definition) is 0. The van der Waals surface area contributed by atoms with Gasteiger partial charge in [-0.2, -0.15) is 4.68 Å². The maximum Gasteiger partial charge on any atom is 0.236 e. The zero-order valence-electron chi connectivity index (χ0n) is 13.2. The van der Waals surface area contributed by atoms with E-state index >= 15 is 0 Å². The molecule has 2 aromatic carbocycles. The van der Waals surface area contributed by atoms with E-state index in [2.05, 4.69) is 15.5 Å². The van der Waals surface area contributed by atoms with Crippen LogP contribution in [0.4, 0.5) is 5.69 Å². The van der Waals surface area contributed by atoms with E-state index < -0.39 is 0 Å². The fourth-order valence-electron chi connectivity index (χ4n) is 2.19. The molecule has 0 aliphatic heterocycles. The molecule has 0 bridgehead atoms. The zero-order chi connectivity index (χ0) is 16.8. The molecule has 0 saturated heterocycles. The predicted octanol–water partition coefficient (Wildman–Crippen LogP) is 2.56. The van der Waals surface area contributed by atoms with Gasteiger partial charge in [-0.1, -0.05) is 36.4 Å². The van der Waals surface area contributed by atoms with E-state index in [4.69, 9.17) is 0 Å². The summed E-state index contributed by atoms with van der Waals surface area (Å²) in [7, 11) is 1.78. The van der Waals surface area contributed by atoms with Crippen LogP contribution in [0.15, 0.2) is 60.7 Å². The topological polar surface area (TPSA) is 63.9 Å². The zero-order valence-corrected chi connectivity index (χ0v) is 14.1.